The highest BCUT2D eigenvalue weighted by atomic mass is 16.6. The van der Waals surface area contributed by atoms with Gasteiger partial charge in [-0.3, -0.25) is 15.1 Å². The highest BCUT2D eigenvalue weighted by Gasteiger charge is 2.11. The number of carbonyl (C=O) groups is 1. The van der Waals surface area contributed by atoms with Gasteiger partial charge in [0.1, 0.15) is 12.4 Å². The summed E-state index contributed by atoms with van der Waals surface area (Å²) < 4.78 is 5.73. The van der Waals surface area contributed by atoms with Gasteiger partial charge in [-0.05, 0) is 42.3 Å². The topological polar surface area (TPSA) is 106 Å². The van der Waals surface area contributed by atoms with Crippen LogP contribution in [-0.2, 0) is 13.2 Å². The number of rotatable bonds is 7. The highest BCUT2D eigenvalue weighted by Crippen LogP contribution is 2.21. The Bertz CT molecular complexity index is 1010. The van der Waals surface area contributed by atoms with Gasteiger partial charge in [0.2, 0.25) is 0 Å². The second-order valence-corrected chi connectivity index (χ2v) is 6.32. The molecule has 0 fully saturated rings. The number of benzene rings is 2. The number of nitro benzene ring substituents is 1. The molecule has 3 rings (SSSR count). The molecule has 0 spiro atoms. The second kappa shape index (κ2) is 9.32. The van der Waals surface area contributed by atoms with Gasteiger partial charge in [-0.1, -0.05) is 24.3 Å². The average Bonchev–Trinajstić information content (AvgIpc) is 2.73. The van der Waals surface area contributed by atoms with Gasteiger partial charge >= 0.3 is 6.03 Å². The fourth-order valence-corrected chi connectivity index (χ4v) is 2.59. The van der Waals surface area contributed by atoms with Crippen molar-refractivity contribution in [3.05, 3.63) is 93.8 Å². The van der Waals surface area contributed by atoms with E-state index in [2.05, 4.69) is 15.6 Å². The van der Waals surface area contributed by atoms with Gasteiger partial charge < -0.3 is 15.4 Å². The molecule has 1 heterocycles. The van der Waals surface area contributed by atoms with Crippen LogP contribution in [0.25, 0.3) is 0 Å². The monoisotopic (exact) mass is 392 g/mol. The molecule has 8 nitrogen and oxygen atoms in total. The molecule has 0 atom stereocenters. The van der Waals surface area contributed by atoms with E-state index in [9.17, 15) is 14.9 Å². The van der Waals surface area contributed by atoms with Crippen molar-refractivity contribution in [1.82, 2.24) is 10.3 Å². The molecule has 29 heavy (non-hydrogen) atoms. The number of pyridine rings is 1. The number of urea groups is 1. The predicted octanol–water partition coefficient (Wildman–Crippen LogP) is 4.20. The first-order chi connectivity index (χ1) is 14.0. The largest absolute Gasteiger partial charge is 0.487 e. The smallest absolute Gasteiger partial charge is 0.319 e. The molecule has 0 saturated heterocycles. The lowest BCUT2D eigenvalue weighted by atomic mass is 10.2. The fourth-order valence-electron chi connectivity index (χ4n) is 2.59. The van der Waals surface area contributed by atoms with Crippen LogP contribution in [0.1, 0.15) is 16.8 Å². The van der Waals surface area contributed by atoms with Crippen LogP contribution in [0.15, 0.2) is 66.9 Å². The summed E-state index contributed by atoms with van der Waals surface area (Å²) in [5.74, 6) is 0.671. The van der Waals surface area contributed by atoms with Gasteiger partial charge in [-0.15, -0.1) is 0 Å². The maximum absolute atomic E-state index is 12.2. The SMILES string of the molecule is Cc1ccc([N+](=O)[O-])cc1NC(=O)NCc1cccc(OCc2ccccn2)c1. The molecule has 148 valence electrons. The van der Waals surface area contributed by atoms with Crippen molar-refractivity contribution in [3.8, 4) is 5.75 Å². The molecular formula is C21H20N4O4. The Morgan fingerprint density at radius 3 is 2.76 bits per heavy atom. The molecule has 1 aromatic heterocycles. The van der Waals surface area contributed by atoms with Crippen molar-refractivity contribution in [1.29, 1.82) is 0 Å². The molecule has 0 aliphatic heterocycles. The Morgan fingerprint density at radius 1 is 1.14 bits per heavy atom. The van der Waals surface area contributed by atoms with Crippen LogP contribution in [0.2, 0.25) is 0 Å². The number of nitrogens with zero attached hydrogens (tertiary/aromatic N) is 2. The summed E-state index contributed by atoms with van der Waals surface area (Å²) in [6.07, 6.45) is 1.71. The summed E-state index contributed by atoms with van der Waals surface area (Å²) in [7, 11) is 0. The van der Waals surface area contributed by atoms with Gasteiger partial charge in [0, 0.05) is 24.9 Å². The van der Waals surface area contributed by atoms with E-state index in [-0.39, 0.29) is 12.2 Å². The summed E-state index contributed by atoms with van der Waals surface area (Å²) in [5, 5.41) is 16.3. The number of hydrogen-bond acceptors (Lipinski definition) is 5. The average molecular weight is 392 g/mol. The number of carbonyl (C=O) groups excluding carboxylic acids is 1. The lowest BCUT2D eigenvalue weighted by Crippen LogP contribution is -2.28. The standard InChI is InChI=1S/C21H20N4O4/c1-15-8-9-18(25(27)28)12-20(15)24-21(26)23-13-16-5-4-7-19(11-16)29-14-17-6-2-3-10-22-17/h2-12H,13-14H2,1H3,(H2,23,24,26). The highest BCUT2D eigenvalue weighted by molar-refractivity contribution is 5.90. The van der Waals surface area contributed by atoms with Crippen molar-refractivity contribution in [3.63, 3.8) is 0 Å². The van der Waals surface area contributed by atoms with Crippen LogP contribution >= 0.6 is 0 Å². The van der Waals surface area contributed by atoms with Crippen LogP contribution in [0.5, 0.6) is 5.75 Å². The number of hydrogen-bond donors (Lipinski definition) is 2. The number of nitrogens with one attached hydrogen (secondary N) is 2. The number of nitro groups is 1. The van der Waals surface area contributed by atoms with E-state index in [0.717, 1.165) is 16.8 Å². The molecule has 3 aromatic rings. The molecule has 8 heteroatoms. The predicted molar refractivity (Wildman–Crippen MR) is 109 cm³/mol. The van der Waals surface area contributed by atoms with Crippen molar-refractivity contribution in [2.75, 3.05) is 5.32 Å². The fraction of sp³-hybridized carbons (Fsp3) is 0.143. The molecule has 0 bridgehead atoms. The number of aromatic nitrogens is 1. The Morgan fingerprint density at radius 2 is 2.00 bits per heavy atom. The number of aryl methyl sites for hydroxylation is 1. The van der Waals surface area contributed by atoms with Crippen molar-refractivity contribution >= 4 is 17.4 Å². The van der Waals surface area contributed by atoms with E-state index >= 15 is 0 Å². The normalized spacial score (nSPS) is 10.2. The van der Waals surface area contributed by atoms with Crippen LogP contribution in [0.3, 0.4) is 0 Å². The van der Waals surface area contributed by atoms with Crippen molar-refractivity contribution in [2.45, 2.75) is 20.1 Å². The molecule has 0 aliphatic rings. The third-order valence-corrected chi connectivity index (χ3v) is 4.14. The van der Waals surface area contributed by atoms with E-state index in [1.807, 2.05) is 42.5 Å². The third-order valence-electron chi connectivity index (χ3n) is 4.14. The van der Waals surface area contributed by atoms with E-state index in [4.69, 9.17) is 4.74 Å². The zero-order valence-electron chi connectivity index (χ0n) is 15.8. The van der Waals surface area contributed by atoms with Crippen molar-refractivity contribution < 1.29 is 14.5 Å². The van der Waals surface area contributed by atoms with Crippen LogP contribution in [-0.4, -0.2) is 15.9 Å². The van der Waals surface area contributed by atoms with E-state index in [1.54, 1.807) is 19.2 Å². The molecule has 2 N–H and O–H groups in total. The maximum Gasteiger partial charge on any atom is 0.319 e. The third kappa shape index (κ3) is 5.77. The maximum atomic E-state index is 12.2. The van der Waals surface area contributed by atoms with Crippen molar-refractivity contribution in [2.24, 2.45) is 0 Å². The number of anilines is 1. The number of ether oxygens (including phenoxy) is 1. The van der Waals surface area contributed by atoms with Crippen LogP contribution in [0, 0.1) is 17.0 Å². The second-order valence-electron chi connectivity index (χ2n) is 6.32. The Balaban J connectivity index is 1.55. The van der Waals surface area contributed by atoms with Gasteiger partial charge in [-0.2, -0.15) is 0 Å². The van der Waals surface area contributed by atoms with E-state index in [0.29, 0.717) is 18.0 Å². The van der Waals surface area contributed by atoms with Gasteiger partial charge in [-0.25, -0.2) is 4.79 Å². The van der Waals surface area contributed by atoms with Gasteiger partial charge in [0.25, 0.3) is 5.69 Å². The first-order valence-electron chi connectivity index (χ1n) is 8.93. The van der Waals surface area contributed by atoms with Crippen LogP contribution < -0.4 is 15.4 Å². The minimum absolute atomic E-state index is 0.0799. The summed E-state index contributed by atoms with van der Waals surface area (Å²) in [4.78, 5) is 26.8. The molecule has 0 saturated carbocycles. The Labute approximate surface area is 167 Å². The lowest BCUT2D eigenvalue weighted by Gasteiger charge is -2.11. The number of amides is 2. The first kappa shape index (κ1) is 19.8. The lowest BCUT2D eigenvalue weighted by molar-refractivity contribution is -0.384. The summed E-state index contributed by atoms with van der Waals surface area (Å²) in [5.41, 5.74) is 2.72. The summed E-state index contributed by atoms with van der Waals surface area (Å²) >= 11 is 0. The van der Waals surface area contributed by atoms with Gasteiger partial charge in [0.05, 0.1) is 16.3 Å². The van der Waals surface area contributed by atoms with E-state index in [1.165, 1.54) is 12.1 Å². The Kier molecular flexibility index (Phi) is 6.36. The molecule has 2 amide bonds. The molecular weight excluding hydrogens is 372 g/mol. The zero-order valence-corrected chi connectivity index (χ0v) is 15.8. The first-order valence-corrected chi connectivity index (χ1v) is 8.93. The molecule has 0 aliphatic carbocycles. The molecule has 0 radical (unpaired) electrons. The van der Waals surface area contributed by atoms with Crippen LogP contribution in [0.4, 0.5) is 16.2 Å². The van der Waals surface area contributed by atoms with E-state index < -0.39 is 11.0 Å². The summed E-state index contributed by atoms with van der Waals surface area (Å²) in [6.45, 7) is 2.40. The molecule has 2 aromatic carbocycles. The molecule has 0 unspecified atom stereocenters. The number of non-ortho nitro benzene ring substituents is 1. The van der Waals surface area contributed by atoms with Gasteiger partial charge in [0.15, 0.2) is 0 Å². The quantitative estimate of drug-likeness (QED) is 0.463. The Hall–Kier alpha value is -3.94. The summed E-state index contributed by atoms with van der Waals surface area (Å²) in [6, 6.07) is 16.9. The minimum atomic E-state index is -0.501. The minimum Gasteiger partial charge on any atom is -0.487 e. The zero-order chi connectivity index (χ0) is 20.6.